The molecule has 2 rings (SSSR count). The third kappa shape index (κ3) is 4.81. The number of methoxy groups -OCH3 is 2. The number of ether oxygens (including phenoxy) is 4. The Bertz CT molecular complexity index is 657. The maximum absolute atomic E-state index is 8.59. The van der Waals surface area contributed by atoms with Crippen molar-refractivity contribution in [1.82, 2.24) is 0 Å². The summed E-state index contributed by atoms with van der Waals surface area (Å²) in [5.74, 6) is 2.60. The van der Waals surface area contributed by atoms with Crippen molar-refractivity contribution < 1.29 is 24.2 Å². The molecule has 0 atom stereocenters. The largest absolute Gasteiger partial charge is 0.497 e. The smallest absolute Gasteiger partial charge is 0.161 e. The first-order chi connectivity index (χ1) is 11.3. The van der Waals surface area contributed by atoms with Crippen molar-refractivity contribution in [2.24, 2.45) is 5.16 Å². The fraction of sp³-hybridized carbons (Fsp3) is 0.235. The van der Waals surface area contributed by atoms with Crippen LogP contribution in [0.4, 0.5) is 0 Å². The van der Waals surface area contributed by atoms with Crippen molar-refractivity contribution in [2.75, 3.05) is 27.4 Å². The van der Waals surface area contributed by atoms with E-state index in [1.807, 2.05) is 18.2 Å². The summed E-state index contributed by atoms with van der Waals surface area (Å²) in [6.45, 7) is 0.710. The minimum Gasteiger partial charge on any atom is -0.497 e. The van der Waals surface area contributed by atoms with Gasteiger partial charge in [0.1, 0.15) is 24.7 Å². The second-order valence-electron chi connectivity index (χ2n) is 4.53. The molecule has 122 valence electrons. The predicted octanol–water partition coefficient (Wildman–Crippen LogP) is 2.97. The van der Waals surface area contributed by atoms with Crippen molar-refractivity contribution in [3.8, 4) is 23.0 Å². The van der Waals surface area contributed by atoms with Gasteiger partial charge in [0.05, 0.1) is 20.4 Å². The van der Waals surface area contributed by atoms with Crippen LogP contribution in [-0.4, -0.2) is 38.9 Å². The second-order valence-corrected chi connectivity index (χ2v) is 4.53. The van der Waals surface area contributed by atoms with Gasteiger partial charge in [-0.05, 0) is 30.3 Å². The van der Waals surface area contributed by atoms with Gasteiger partial charge in [-0.1, -0.05) is 11.2 Å². The molecule has 0 saturated heterocycles. The van der Waals surface area contributed by atoms with E-state index in [2.05, 4.69) is 5.16 Å². The minimum absolute atomic E-state index is 0.341. The molecule has 23 heavy (non-hydrogen) atoms. The van der Waals surface area contributed by atoms with Crippen LogP contribution >= 0.6 is 0 Å². The fourth-order valence-electron chi connectivity index (χ4n) is 1.96. The zero-order valence-corrected chi connectivity index (χ0v) is 13.1. The number of oxime groups is 1. The van der Waals surface area contributed by atoms with Crippen LogP contribution in [0.2, 0.25) is 0 Å². The fourth-order valence-corrected chi connectivity index (χ4v) is 1.96. The molecule has 0 aromatic heterocycles. The van der Waals surface area contributed by atoms with E-state index in [1.165, 1.54) is 6.21 Å². The van der Waals surface area contributed by atoms with Gasteiger partial charge in [-0.15, -0.1) is 0 Å². The first kappa shape index (κ1) is 16.5. The third-order valence-electron chi connectivity index (χ3n) is 3.05. The summed E-state index contributed by atoms with van der Waals surface area (Å²) in [6, 6.07) is 12.6. The molecule has 0 aliphatic carbocycles. The van der Waals surface area contributed by atoms with Crippen LogP contribution in [0.25, 0.3) is 0 Å². The Morgan fingerprint density at radius 1 is 0.913 bits per heavy atom. The van der Waals surface area contributed by atoms with Crippen LogP contribution in [0, 0.1) is 0 Å². The minimum atomic E-state index is 0.341. The Kier molecular flexibility index (Phi) is 6.11. The summed E-state index contributed by atoms with van der Waals surface area (Å²) in [7, 11) is 3.17. The standard InChI is InChI=1S/C17H19NO5/c1-20-14-4-3-5-15(11-14)22-8-9-23-17-10-13(12-18-19)6-7-16(17)21-2/h3-7,10-12,19H,8-9H2,1-2H3/b18-12+. The number of hydrogen-bond acceptors (Lipinski definition) is 6. The lowest BCUT2D eigenvalue weighted by Gasteiger charge is -2.12. The van der Waals surface area contributed by atoms with Gasteiger partial charge in [0.2, 0.25) is 0 Å². The average molecular weight is 317 g/mol. The Morgan fingerprint density at radius 2 is 1.70 bits per heavy atom. The molecule has 0 aliphatic heterocycles. The molecule has 6 heteroatoms. The predicted molar refractivity (Wildman–Crippen MR) is 86.4 cm³/mol. The molecule has 2 aromatic carbocycles. The molecule has 0 amide bonds. The topological polar surface area (TPSA) is 69.5 Å². The van der Waals surface area contributed by atoms with E-state index in [-0.39, 0.29) is 0 Å². The summed E-state index contributed by atoms with van der Waals surface area (Å²) in [6.07, 6.45) is 1.32. The highest BCUT2D eigenvalue weighted by Gasteiger charge is 2.05. The summed E-state index contributed by atoms with van der Waals surface area (Å²) < 4.78 is 21.6. The maximum atomic E-state index is 8.59. The lowest BCUT2D eigenvalue weighted by atomic mass is 10.2. The molecule has 0 saturated carbocycles. The van der Waals surface area contributed by atoms with Gasteiger partial charge in [0.25, 0.3) is 0 Å². The van der Waals surface area contributed by atoms with E-state index in [4.69, 9.17) is 24.2 Å². The first-order valence-corrected chi connectivity index (χ1v) is 7.02. The van der Waals surface area contributed by atoms with Crippen LogP contribution in [0.5, 0.6) is 23.0 Å². The molecular weight excluding hydrogens is 298 g/mol. The zero-order chi connectivity index (χ0) is 16.5. The van der Waals surface area contributed by atoms with Crippen molar-refractivity contribution in [3.05, 3.63) is 48.0 Å². The summed E-state index contributed by atoms with van der Waals surface area (Å²) in [5.41, 5.74) is 0.706. The van der Waals surface area contributed by atoms with E-state index >= 15 is 0 Å². The van der Waals surface area contributed by atoms with E-state index in [0.29, 0.717) is 36.0 Å². The van der Waals surface area contributed by atoms with E-state index in [9.17, 15) is 0 Å². The molecule has 0 spiro atoms. The number of hydrogen-bond donors (Lipinski definition) is 1. The molecule has 0 aliphatic rings. The quantitative estimate of drug-likeness (QED) is 0.351. The Balaban J connectivity index is 1.91. The summed E-state index contributed by atoms with van der Waals surface area (Å²) in [5, 5.41) is 11.6. The van der Waals surface area contributed by atoms with Crippen LogP contribution in [-0.2, 0) is 0 Å². The van der Waals surface area contributed by atoms with Crippen molar-refractivity contribution in [2.45, 2.75) is 0 Å². The van der Waals surface area contributed by atoms with E-state index < -0.39 is 0 Å². The zero-order valence-electron chi connectivity index (χ0n) is 13.1. The summed E-state index contributed by atoms with van der Waals surface area (Å²) in [4.78, 5) is 0. The highest BCUT2D eigenvalue weighted by molar-refractivity contribution is 5.80. The van der Waals surface area contributed by atoms with E-state index in [0.717, 1.165) is 5.75 Å². The van der Waals surface area contributed by atoms with Crippen molar-refractivity contribution in [3.63, 3.8) is 0 Å². The van der Waals surface area contributed by atoms with Gasteiger partial charge in [-0.3, -0.25) is 0 Å². The van der Waals surface area contributed by atoms with Crippen LogP contribution in [0.1, 0.15) is 5.56 Å². The van der Waals surface area contributed by atoms with Gasteiger partial charge in [-0.25, -0.2) is 0 Å². The molecular formula is C17H19NO5. The van der Waals surface area contributed by atoms with E-state index in [1.54, 1.807) is 38.5 Å². The third-order valence-corrected chi connectivity index (χ3v) is 3.05. The van der Waals surface area contributed by atoms with Gasteiger partial charge in [0, 0.05) is 11.6 Å². The van der Waals surface area contributed by atoms with Crippen molar-refractivity contribution in [1.29, 1.82) is 0 Å². The van der Waals surface area contributed by atoms with Crippen LogP contribution in [0.3, 0.4) is 0 Å². The number of benzene rings is 2. The highest BCUT2D eigenvalue weighted by atomic mass is 16.5. The molecule has 0 heterocycles. The second kappa shape index (κ2) is 8.53. The van der Waals surface area contributed by atoms with Crippen molar-refractivity contribution >= 4 is 6.21 Å². The highest BCUT2D eigenvalue weighted by Crippen LogP contribution is 2.27. The Morgan fingerprint density at radius 3 is 2.43 bits per heavy atom. The van der Waals surface area contributed by atoms with Crippen LogP contribution in [0.15, 0.2) is 47.6 Å². The Labute approximate surface area is 134 Å². The number of nitrogens with zero attached hydrogens (tertiary/aromatic N) is 1. The SMILES string of the molecule is COc1cccc(OCCOc2cc(/C=N/O)ccc2OC)c1. The van der Waals surface area contributed by atoms with Gasteiger partial charge in [-0.2, -0.15) is 0 Å². The summed E-state index contributed by atoms with van der Waals surface area (Å²) >= 11 is 0. The molecule has 0 fully saturated rings. The normalized spacial score (nSPS) is 10.5. The van der Waals surface area contributed by atoms with Gasteiger partial charge in [0.15, 0.2) is 11.5 Å². The molecule has 2 aromatic rings. The lowest BCUT2D eigenvalue weighted by Crippen LogP contribution is -2.09. The Hall–Kier alpha value is -2.89. The number of rotatable bonds is 8. The average Bonchev–Trinajstić information content (AvgIpc) is 2.59. The van der Waals surface area contributed by atoms with Gasteiger partial charge >= 0.3 is 0 Å². The van der Waals surface area contributed by atoms with Crippen LogP contribution < -0.4 is 18.9 Å². The first-order valence-electron chi connectivity index (χ1n) is 7.02. The molecule has 0 bridgehead atoms. The van der Waals surface area contributed by atoms with Gasteiger partial charge < -0.3 is 24.2 Å². The monoisotopic (exact) mass is 317 g/mol. The lowest BCUT2D eigenvalue weighted by molar-refractivity contribution is 0.211. The molecule has 0 unspecified atom stereocenters. The molecule has 1 N–H and O–H groups in total. The molecule has 0 radical (unpaired) electrons. The molecule has 6 nitrogen and oxygen atoms in total. The maximum Gasteiger partial charge on any atom is 0.161 e.